The van der Waals surface area contributed by atoms with Crippen LogP contribution in [0.4, 0.5) is 10.1 Å². The van der Waals surface area contributed by atoms with Gasteiger partial charge in [-0.05, 0) is 19.9 Å². The zero-order chi connectivity index (χ0) is 15.7. The third-order valence-corrected chi connectivity index (χ3v) is 3.35. The summed E-state index contributed by atoms with van der Waals surface area (Å²) in [5, 5.41) is 14.7. The number of non-ortho nitro benzene ring substituents is 1. The van der Waals surface area contributed by atoms with Gasteiger partial charge < -0.3 is 4.74 Å². The molecule has 1 atom stereocenters. The highest BCUT2D eigenvalue weighted by Crippen LogP contribution is 2.33. The van der Waals surface area contributed by atoms with Crippen LogP contribution in [0.5, 0.6) is 0 Å². The fourth-order valence-electron chi connectivity index (χ4n) is 1.96. The molecule has 0 N–H and O–H groups in total. The molecule has 2 rings (SSSR count). The zero-order valence-electron chi connectivity index (χ0n) is 11.2. The lowest BCUT2D eigenvalue weighted by Crippen LogP contribution is -2.20. The van der Waals surface area contributed by atoms with Gasteiger partial charge in [0, 0.05) is 10.5 Å². The number of nitro benzene ring substituents is 1. The number of ether oxygens (including phenoxy) is 1. The van der Waals surface area contributed by atoms with Gasteiger partial charge in [-0.2, -0.15) is 4.39 Å². The van der Waals surface area contributed by atoms with Gasteiger partial charge in [0.1, 0.15) is 11.6 Å². The second kappa shape index (κ2) is 5.76. The molecule has 112 valence electrons. The molecule has 0 radical (unpaired) electrons. The van der Waals surface area contributed by atoms with Crippen LogP contribution in [0.2, 0.25) is 0 Å². The third kappa shape index (κ3) is 2.73. The van der Waals surface area contributed by atoms with Crippen molar-refractivity contribution in [2.45, 2.75) is 19.9 Å². The predicted molar refractivity (Wildman–Crippen MR) is 75.4 cm³/mol. The van der Waals surface area contributed by atoms with Crippen LogP contribution in [0.3, 0.4) is 0 Å². The van der Waals surface area contributed by atoms with E-state index in [1.54, 1.807) is 6.92 Å². The van der Waals surface area contributed by atoms with Gasteiger partial charge in [-0.1, -0.05) is 15.9 Å². The van der Waals surface area contributed by atoms with Crippen molar-refractivity contribution in [3.63, 3.8) is 0 Å². The summed E-state index contributed by atoms with van der Waals surface area (Å²) in [6.45, 7) is 3.22. The topological polar surface area (TPSA) is 87.3 Å². The van der Waals surface area contributed by atoms with E-state index in [1.165, 1.54) is 19.1 Å². The second-order valence-corrected chi connectivity index (χ2v) is 5.16. The average molecular weight is 360 g/mol. The van der Waals surface area contributed by atoms with Gasteiger partial charge in [-0.25, -0.2) is 9.48 Å². The summed E-state index contributed by atoms with van der Waals surface area (Å²) in [6, 6.07) is 1.63. The van der Waals surface area contributed by atoms with Gasteiger partial charge in [0.15, 0.2) is 0 Å². The number of rotatable bonds is 4. The minimum Gasteiger partial charge on any atom is -0.464 e. The molecule has 0 saturated heterocycles. The van der Waals surface area contributed by atoms with E-state index in [9.17, 15) is 19.3 Å². The third-order valence-electron chi connectivity index (χ3n) is 2.89. The fourth-order valence-corrected chi connectivity index (χ4v) is 2.41. The van der Waals surface area contributed by atoms with Crippen molar-refractivity contribution >= 4 is 38.5 Å². The summed E-state index contributed by atoms with van der Waals surface area (Å²) in [5.74, 6) is -1.52. The van der Waals surface area contributed by atoms with Gasteiger partial charge in [0.2, 0.25) is 5.95 Å². The summed E-state index contributed by atoms with van der Waals surface area (Å²) in [4.78, 5) is 22.3. The summed E-state index contributed by atoms with van der Waals surface area (Å²) in [6.07, 6.45) is 0. The van der Waals surface area contributed by atoms with Gasteiger partial charge >= 0.3 is 5.97 Å². The Morgan fingerprint density at radius 3 is 2.86 bits per heavy atom. The second-order valence-electron chi connectivity index (χ2n) is 4.24. The number of esters is 1. The van der Waals surface area contributed by atoms with Crippen molar-refractivity contribution in [1.82, 2.24) is 9.78 Å². The highest BCUT2D eigenvalue weighted by Gasteiger charge is 2.27. The van der Waals surface area contributed by atoms with Crippen LogP contribution in [0.15, 0.2) is 16.6 Å². The van der Waals surface area contributed by atoms with Crippen molar-refractivity contribution < 1.29 is 18.8 Å². The predicted octanol–water partition coefficient (Wildman–Crippen LogP) is 2.97. The largest absolute Gasteiger partial charge is 0.464 e. The summed E-state index contributed by atoms with van der Waals surface area (Å²) >= 11 is 3.09. The minimum atomic E-state index is -0.975. The molecule has 0 spiro atoms. The fraction of sp³-hybridized carbons (Fsp3) is 0.333. The van der Waals surface area contributed by atoms with E-state index >= 15 is 0 Å². The van der Waals surface area contributed by atoms with E-state index < -0.39 is 22.9 Å². The number of fused-ring (bicyclic) bond motifs is 1. The Kier molecular flexibility index (Phi) is 4.21. The first-order valence-electron chi connectivity index (χ1n) is 6.05. The molecule has 0 saturated carbocycles. The quantitative estimate of drug-likeness (QED) is 0.475. The average Bonchev–Trinajstić information content (AvgIpc) is 2.74. The van der Waals surface area contributed by atoms with Crippen molar-refractivity contribution in [3.05, 3.63) is 32.7 Å². The number of nitro groups is 1. The Morgan fingerprint density at radius 1 is 1.62 bits per heavy atom. The molecule has 0 aliphatic carbocycles. The number of hydrogen-bond donors (Lipinski definition) is 0. The van der Waals surface area contributed by atoms with Crippen LogP contribution in [0, 0.1) is 16.1 Å². The molecule has 21 heavy (non-hydrogen) atoms. The Labute approximate surface area is 127 Å². The number of halogens is 2. The van der Waals surface area contributed by atoms with Crippen LogP contribution in [0.1, 0.15) is 19.9 Å². The first-order chi connectivity index (χ1) is 9.86. The van der Waals surface area contributed by atoms with Crippen molar-refractivity contribution in [1.29, 1.82) is 0 Å². The maximum Gasteiger partial charge on any atom is 0.330 e. The minimum absolute atomic E-state index is 0.0350. The lowest BCUT2D eigenvalue weighted by atomic mass is 10.2. The van der Waals surface area contributed by atoms with Gasteiger partial charge in [0.05, 0.1) is 16.9 Å². The van der Waals surface area contributed by atoms with Crippen molar-refractivity contribution in [2.24, 2.45) is 0 Å². The van der Waals surface area contributed by atoms with Crippen LogP contribution in [0.25, 0.3) is 10.9 Å². The Bertz CT molecular complexity index is 731. The number of nitrogens with zero attached hydrogens (tertiary/aromatic N) is 3. The van der Waals surface area contributed by atoms with Crippen molar-refractivity contribution in [3.8, 4) is 0 Å². The first kappa shape index (κ1) is 15.4. The molecular formula is C12H11BrFN3O4. The van der Waals surface area contributed by atoms with E-state index in [4.69, 9.17) is 4.74 Å². The number of carbonyl (C=O) groups excluding carboxylic acids is 1. The first-order valence-corrected chi connectivity index (χ1v) is 6.84. The molecule has 1 aromatic carbocycles. The maximum absolute atomic E-state index is 13.9. The molecule has 2 aromatic rings. The molecule has 0 fully saturated rings. The Balaban J connectivity index is 2.70. The molecule has 0 amide bonds. The van der Waals surface area contributed by atoms with Gasteiger partial charge in [-0.15, -0.1) is 5.10 Å². The lowest BCUT2D eigenvalue weighted by Gasteiger charge is -2.11. The van der Waals surface area contributed by atoms with Crippen LogP contribution >= 0.6 is 15.9 Å². The highest BCUT2D eigenvalue weighted by molar-refractivity contribution is 9.10. The molecule has 0 unspecified atom stereocenters. The van der Waals surface area contributed by atoms with Gasteiger partial charge in [0.25, 0.3) is 5.69 Å². The normalized spacial score (nSPS) is 12.4. The molecule has 9 heteroatoms. The van der Waals surface area contributed by atoms with E-state index in [-0.39, 0.29) is 23.2 Å². The standard InChI is InChI=1S/C12H11BrFN3O4/c1-3-21-12(18)6(2)16-10-8(11(14)15-16)4-7(13)5-9(10)17(19)20/h4-6H,3H2,1-2H3/t6-/m0/s1. The number of aromatic nitrogens is 2. The van der Waals surface area contributed by atoms with E-state index in [1.807, 2.05) is 0 Å². The molecule has 1 aromatic heterocycles. The van der Waals surface area contributed by atoms with Crippen molar-refractivity contribution in [2.75, 3.05) is 6.61 Å². The highest BCUT2D eigenvalue weighted by atomic mass is 79.9. The lowest BCUT2D eigenvalue weighted by molar-refractivity contribution is -0.383. The van der Waals surface area contributed by atoms with Crippen LogP contribution in [-0.4, -0.2) is 27.3 Å². The smallest absolute Gasteiger partial charge is 0.330 e. The summed E-state index contributed by atoms with van der Waals surface area (Å²) < 4.78 is 20.1. The number of carbonyl (C=O) groups is 1. The molecule has 1 heterocycles. The molecule has 0 aliphatic heterocycles. The summed E-state index contributed by atoms with van der Waals surface area (Å²) in [5.41, 5.74) is -0.395. The molecule has 0 bridgehead atoms. The monoisotopic (exact) mass is 359 g/mol. The van der Waals surface area contributed by atoms with Gasteiger partial charge in [-0.3, -0.25) is 10.1 Å². The maximum atomic E-state index is 13.9. The van der Waals surface area contributed by atoms with Crippen LogP contribution in [-0.2, 0) is 9.53 Å². The molecule has 0 aliphatic rings. The van der Waals surface area contributed by atoms with E-state index in [2.05, 4.69) is 21.0 Å². The van der Waals surface area contributed by atoms with E-state index in [0.29, 0.717) is 4.47 Å². The number of benzene rings is 1. The molecular weight excluding hydrogens is 349 g/mol. The van der Waals surface area contributed by atoms with E-state index in [0.717, 1.165) is 4.68 Å². The molecule has 7 nitrogen and oxygen atoms in total. The number of hydrogen-bond acceptors (Lipinski definition) is 5. The SMILES string of the molecule is CCOC(=O)[C@H](C)n1nc(F)c2cc(Br)cc([N+](=O)[O-])c21. The zero-order valence-corrected chi connectivity index (χ0v) is 12.8. The summed E-state index contributed by atoms with van der Waals surface area (Å²) in [7, 11) is 0. The Hall–Kier alpha value is -2.03. The van der Waals surface area contributed by atoms with Crippen LogP contribution < -0.4 is 0 Å². The Morgan fingerprint density at radius 2 is 2.29 bits per heavy atom.